The monoisotopic (exact) mass is 287 g/mol. The van der Waals surface area contributed by atoms with Crippen molar-refractivity contribution in [2.24, 2.45) is 0 Å². The maximum absolute atomic E-state index is 6.00. The quantitative estimate of drug-likeness (QED) is 0.887. The van der Waals surface area contributed by atoms with Crippen molar-refractivity contribution in [2.75, 3.05) is 37.8 Å². The third kappa shape index (κ3) is 3.06. The van der Waals surface area contributed by atoms with Crippen LogP contribution in [0, 0.1) is 0 Å². The summed E-state index contributed by atoms with van der Waals surface area (Å²) in [5.41, 5.74) is 6.85. The molecule has 2 aromatic rings. The standard InChI is InChI=1S/C15H21N5O/c1-10(13-9-20(2)7-8-21-13)17-15-18-12-6-4-3-5-11(12)14(16)19-15/h3-6,10,13H,7-9H2,1-2H3,(H3,16,17,18,19). The first-order valence-electron chi connectivity index (χ1n) is 7.22. The van der Waals surface area contributed by atoms with E-state index in [-0.39, 0.29) is 12.1 Å². The minimum absolute atomic E-state index is 0.119. The molecule has 1 aromatic carbocycles. The Hall–Kier alpha value is -1.92. The molecular weight excluding hydrogens is 266 g/mol. The number of aromatic nitrogens is 2. The molecule has 2 atom stereocenters. The van der Waals surface area contributed by atoms with Gasteiger partial charge >= 0.3 is 0 Å². The molecule has 0 saturated carbocycles. The molecule has 1 aromatic heterocycles. The van der Waals surface area contributed by atoms with Crippen molar-refractivity contribution in [1.82, 2.24) is 14.9 Å². The fourth-order valence-corrected chi connectivity index (χ4v) is 2.58. The zero-order valence-corrected chi connectivity index (χ0v) is 12.4. The summed E-state index contributed by atoms with van der Waals surface area (Å²) >= 11 is 0. The van der Waals surface area contributed by atoms with Gasteiger partial charge in [0.05, 0.1) is 24.3 Å². The topological polar surface area (TPSA) is 76.3 Å². The summed E-state index contributed by atoms with van der Waals surface area (Å²) in [5.74, 6) is 1.05. The maximum Gasteiger partial charge on any atom is 0.225 e. The average molecular weight is 287 g/mol. The Morgan fingerprint density at radius 3 is 3.00 bits per heavy atom. The lowest BCUT2D eigenvalue weighted by Crippen LogP contribution is -2.47. The third-order valence-corrected chi connectivity index (χ3v) is 3.84. The van der Waals surface area contributed by atoms with Crippen LogP contribution in [-0.4, -0.2) is 53.8 Å². The van der Waals surface area contributed by atoms with Gasteiger partial charge in [0.2, 0.25) is 5.95 Å². The highest BCUT2D eigenvalue weighted by Crippen LogP contribution is 2.20. The first-order chi connectivity index (χ1) is 10.1. The molecule has 0 amide bonds. The lowest BCUT2D eigenvalue weighted by molar-refractivity contribution is -0.0260. The molecule has 6 heteroatoms. The van der Waals surface area contributed by atoms with E-state index in [0.717, 1.165) is 30.6 Å². The van der Waals surface area contributed by atoms with E-state index in [1.54, 1.807) is 0 Å². The fraction of sp³-hybridized carbons (Fsp3) is 0.467. The lowest BCUT2D eigenvalue weighted by Gasteiger charge is -2.33. The molecule has 0 spiro atoms. The van der Waals surface area contributed by atoms with Crippen LogP contribution in [0.2, 0.25) is 0 Å². The second-order valence-electron chi connectivity index (χ2n) is 5.55. The number of nitrogens with one attached hydrogen (secondary N) is 1. The summed E-state index contributed by atoms with van der Waals surface area (Å²) in [4.78, 5) is 11.1. The number of likely N-dealkylation sites (N-methyl/N-ethyl adjacent to an activating group) is 1. The van der Waals surface area contributed by atoms with Gasteiger partial charge in [0.1, 0.15) is 5.82 Å². The summed E-state index contributed by atoms with van der Waals surface area (Å²) in [6.45, 7) is 4.71. The van der Waals surface area contributed by atoms with E-state index in [0.29, 0.717) is 11.8 Å². The van der Waals surface area contributed by atoms with Crippen molar-refractivity contribution in [2.45, 2.75) is 19.1 Å². The zero-order valence-electron chi connectivity index (χ0n) is 12.4. The van der Waals surface area contributed by atoms with Crippen molar-refractivity contribution in [3.63, 3.8) is 0 Å². The Balaban J connectivity index is 1.78. The number of para-hydroxylation sites is 1. The van der Waals surface area contributed by atoms with Crippen molar-refractivity contribution in [3.05, 3.63) is 24.3 Å². The molecule has 6 nitrogen and oxygen atoms in total. The van der Waals surface area contributed by atoms with E-state index in [1.807, 2.05) is 24.3 Å². The van der Waals surface area contributed by atoms with Crippen molar-refractivity contribution >= 4 is 22.7 Å². The summed E-state index contributed by atoms with van der Waals surface area (Å²) in [5, 5.41) is 4.19. The molecule has 112 valence electrons. The van der Waals surface area contributed by atoms with Crippen molar-refractivity contribution in [1.29, 1.82) is 0 Å². The Morgan fingerprint density at radius 2 is 2.19 bits per heavy atom. The van der Waals surface area contributed by atoms with Gasteiger partial charge in [0, 0.05) is 18.5 Å². The highest BCUT2D eigenvalue weighted by molar-refractivity contribution is 5.88. The smallest absolute Gasteiger partial charge is 0.225 e. The lowest BCUT2D eigenvalue weighted by atomic mass is 10.1. The number of nitrogens with two attached hydrogens (primary N) is 1. The van der Waals surface area contributed by atoms with Crippen LogP contribution in [0.15, 0.2) is 24.3 Å². The second kappa shape index (κ2) is 5.83. The minimum atomic E-state index is 0.119. The van der Waals surface area contributed by atoms with Gasteiger partial charge in [-0.15, -0.1) is 0 Å². The van der Waals surface area contributed by atoms with E-state index in [9.17, 15) is 0 Å². The molecule has 0 bridgehead atoms. The van der Waals surface area contributed by atoms with Crippen LogP contribution >= 0.6 is 0 Å². The van der Waals surface area contributed by atoms with E-state index in [1.165, 1.54) is 0 Å². The molecule has 3 rings (SSSR count). The van der Waals surface area contributed by atoms with Crippen LogP contribution in [-0.2, 0) is 4.74 Å². The van der Waals surface area contributed by atoms with Crippen molar-refractivity contribution in [3.8, 4) is 0 Å². The molecular formula is C15H21N5O. The molecule has 1 saturated heterocycles. The molecule has 2 unspecified atom stereocenters. The Kier molecular flexibility index (Phi) is 3.90. The van der Waals surface area contributed by atoms with Gasteiger partial charge in [0.15, 0.2) is 0 Å². The van der Waals surface area contributed by atoms with Gasteiger partial charge in [-0.3, -0.25) is 0 Å². The second-order valence-corrected chi connectivity index (χ2v) is 5.55. The van der Waals surface area contributed by atoms with E-state index in [2.05, 4.69) is 34.2 Å². The van der Waals surface area contributed by atoms with Crippen LogP contribution in [0.1, 0.15) is 6.92 Å². The number of hydrogen-bond acceptors (Lipinski definition) is 6. The van der Waals surface area contributed by atoms with Gasteiger partial charge in [-0.05, 0) is 26.1 Å². The number of anilines is 2. The fourth-order valence-electron chi connectivity index (χ4n) is 2.58. The number of nitrogen functional groups attached to an aromatic ring is 1. The molecule has 1 fully saturated rings. The third-order valence-electron chi connectivity index (χ3n) is 3.84. The number of hydrogen-bond donors (Lipinski definition) is 2. The normalized spacial score (nSPS) is 21.3. The molecule has 1 aliphatic heterocycles. The number of morpholine rings is 1. The number of rotatable bonds is 3. The molecule has 3 N–H and O–H groups in total. The zero-order chi connectivity index (χ0) is 14.8. The number of nitrogens with zero attached hydrogens (tertiary/aromatic N) is 3. The largest absolute Gasteiger partial charge is 0.383 e. The van der Waals surface area contributed by atoms with Crippen LogP contribution < -0.4 is 11.1 Å². The van der Waals surface area contributed by atoms with Gasteiger partial charge < -0.3 is 20.7 Å². The number of fused-ring (bicyclic) bond motifs is 1. The predicted octanol–water partition coefficient (Wildman–Crippen LogP) is 1.34. The number of benzene rings is 1. The molecule has 2 heterocycles. The van der Waals surface area contributed by atoms with E-state index < -0.39 is 0 Å². The molecule has 0 aliphatic carbocycles. The summed E-state index contributed by atoms with van der Waals surface area (Å²) in [7, 11) is 2.10. The van der Waals surface area contributed by atoms with Crippen LogP contribution in [0.4, 0.5) is 11.8 Å². The first kappa shape index (κ1) is 14.0. The average Bonchev–Trinajstić information content (AvgIpc) is 2.47. The maximum atomic E-state index is 6.00. The van der Waals surface area contributed by atoms with Gasteiger partial charge in [-0.2, -0.15) is 4.98 Å². The van der Waals surface area contributed by atoms with Crippen LogP contribution in [0.5, 0.6) is 0 Å². The Labute approximate surface area is 124 Å². The minimum Gasteiger partial charge on any atom is -0.383 e. The predicted molar refractivity (Wildman–Crippen MR) is 84.3 cm³/mol. The van der Waals surface area contributed by atoms with E-state index >= 15 is 0 Å². The van der Waals surface area contributed by atoms with Crippen LogP contribution in [0.3, 0.4) is 0 Å². The van der Waals surface area contributed by atoms with E-state index in [4.69, 9.17) is 10.5 Å². The summed E-state index contributed by atoms with van der Waals surface area (Å²) in [6, 6.07) is 7.86. The SMILES string of the molecule is CC(Nc1nc(N)c2ccccc2n1)C1CN(C)CCO1. The van der Waals surface area contributed by atoms with Crippen molar-refractivity contribution < 1.29 is 4.74 Å². The van der Waals surface area contributed by atoms with Gasteiger partial charge in [0.25, 0.3) is 0 Å². The summed E-state index contributed by atoms with van der Waals surface area (Å²) < 4.78 is 5.81. The highest BCUT2D eigenvalue weighted by atomic mass is 16.5. The highest BCUT2D eigenvalue weighted by Gasteiger charge is 2.24. The molecule has 1 aliphatic rings. The molecule has 21 heavy (non-hydrogen) atoms. The first-order valence-corrected chi connectivity index (χ1v) is 7.22. The van der Waals surface area contributed by atoms with Gasteiger partial charge in [-0.1, -0.05) is 12.1 Å². The van der Waals surface area contributed by atoms with Crippen LogP contribution in [0.25, 0.3) is 10.9 Å². The summed E-state index contributed by atoms with van der Waals surface area (Å²) in [6.07, 6.45) is 0.125. The number of ether oxygens (including phenoxy) is 1. The van der Waals surface area contributed by atoms with Gasteiger partial charge in [-0.25, -0.2) is 4.98 Å². The Bertz CT molecular complexity index is 632. The molecule has 0 radical (unpaired) electrons. The Morgan fingerprint density at radius 1 is 1.38 bits per heavy atom.